The standard InChI is InChI=1S/C13H17N5O/c1-18-5-3-12(17-18)2-4-16-13(19)9-6-10(14)8-11(15)7-9/h3,5-8H,2,4,14-15H2,1H3,(H,16,19). The molecule has 19 heavy (non-hydrogen) atoms. The van der Waals surface area contributed by atoms with E-state index in [-0.39, 0.29) is 5.91 Å². The fraction of sp³-hybridized carbons (Fsp3) is 0.231. The Kier molecular flexibility index (Phi) is 3.70. The smallest absolute Gasteiger partial charge is 0.251 e. The molecule has 0 fully saturated rings. The van der Waals surface area contributed by atoms with Crippen molar-refractivity contribution in [2.24, 2.45) is 7.05 Å². The Morgan fingerprint density at radius 3 is 2.58 bits per heavy atom. The molecule has 0 atom stereocenters. The highest BCUT2D eigenvalue weighted by Crippen LogP contribution is 2.13. The summed E-state index contributed by atoms with van der Waals surface area (Å²) in [6, 6.07) is 6.74. The van der Waals surface area contributed by atoms with Gasteiger partial charge in [-0.05, 0) is 24.3 Å². The first kappa shape index (κ1) is 12.9. The highest BCUT2D eigenvalue weighted by Gasteiger charge is 2.07. The Hall–Kier alpha value is -2.50. The summed E-state index contributed by atoms with van der Waals surface area (Å²) in [7, 11) is 1.86. The lowest BCUT2D eigenvalue weighted by Gasteiger charge is -2.06. The minimum Gasteiger partial charge on any atom is -0.399 e. The Labute approximate surface area is 111 Å². The van der Waals surface area contributed by atoms with E-state index in [0.29, 0.717) is 29.9 Å². The molecule has 5 N–H and O–H groups in total. The number of carbonyl (C=O) groups excluding carboxylic acids is 1. The van der Waals surface area contributed by atoms with E-state index in [4.69, 9.17) is 11.5 Å². The summed E-state index contributed by atoms with van der Waals surface area (Å²) >= 11 is 0. The van der Waals surface area contributed by atoms with Crippen molar-refractivity contribution in [1.29, 1.82) is 0 Å². The van der Waals surface area contributed by atoms with Crippen LogP contribution in [0.2, 0.25) is 0 Å². The molecule has 0 saturated carbocycles. The molecule has 0 spiro atoms. The largest absolute Gasteiger partial charge is 0.399 e. The molecule has 2 rings (SSSR count). The topological polar surface area (TPSA) is 99.0 Å². The van der Waals surface area contributed by atoms with Crippen molar-refractivity contribution >= 4 is 17.3 Å². The number of nitrogens with two attached hydrogens (primary N) is 2. The second-order valence-corrected chi connectivity index (χ2v) is 4.37. The third-order valence-electron chi connectivity index (χ3n) is 2.68. The van der Waals surface area contributed by atoms with E-state index < -0.39 is 0 Å². The summed E-state index contributed by atoms with van der Waals surface area (Å²) in [6.45, 7) is 0.518. The van der Waals surface area contributed by atoms with Gasteiger partial charge in [-0.15, -0.1) is 0 Å². The van der Waals surface area contributed by atoms with Crippen molar-refractivity contribution in [2.45, 2.75) is 6.42 Å². The molecular weight excluding hydrogens is 242 g/mol. The van der Waals surface area contributed by atoms with E-state index in [1.165, 1.54) is 0 Å². The first-order valence-electron chi connectivity index (χ1n) is 5.97. The summed E-state index contributed by atoms with van der Waals surface area (Å²) in [5, 5.41) is 7.05. The van der Waals surface area contributed by atoms with Crippen LogP contribution < -0.4 is 16.8 Å². The third-order valence-corrected chi connectivity index (χ3v) is 2.68. The fourth-order valence-electron chi connectivity index (χ4n) is 1.81. The zero-order chi connectivity index (χ0) is 13.8. The van der Waals surface area contributed by atoms with Crippen molar-refractivity contribution < 1.29 is 4.79 Å². The minimum atomic E-state index is -0.185. The number of nitrogens with one attached hydrogen (secondary N) is 1. The van der Waals surface area contributed by atoms with E-state index >= 15 is 0 Å². The summed E-state index contributed by atoms with van der Waals surface area (Å²) in [5.74, 6) is -0.185. The van der Waals surface area contributed by atoms with E-state index in [2.05, 4.69) is 10.4 Å². The summed E-state index contributed by atoms with van der Waals surface area (Å²) in [6.07, 6.45) is 2.56. The number of rotatable bonds is 4. The van der Waals surface area contributed by atoms with Gasteiger partial charge in [0.05, 0.1) is 5.69 Å². The molecule has 1 aromatic carbocycles. The van der Waals surface area contributed by atoms with Crippen molar-refractivity contribution in [3.8, 4) is 0 Å². The predicted molar refractivity (Wildman–Crippen MR) is 74.5 cm³/mol. The maximum Gasteiger partial charge on any atom is 0.251 e. The van der Waals surface area contributed by atoms with Gasteiger partial charge < -0.3 is 16.8 Å². The van der Waals surface area contributed by atoms with Crippen LogP contribution in [0.4, 0.5) is 11.4 Å². The highest BCUT2D eigenvalue weighted by atomic mass is 16.1. The lowest BCUT2D eigenvalue weighted by atomic mass is 10.1. The van der Waals surface area contributed by atoms with Crippen LogP contribution in [-0.4, -0.2) is 22.2 Å². The van der Waals surface area contributed by atoms with Gasteiger partial charge in [-0.2, -0.15) is 5.10 Å². The first-order valence-corrected chi connectivity index (χ1v) is 5.97. The lowest BCUT2D eigenvalue weighted by Crippen LogP contribution is -2.26. The molecule has 6 nitrogen and oxygen atoms in total. The fourth-order valence-corrected chi connectivity index (χ4v) is 1.81. The Bertz CT molecular complexity index is 570. The molecular formula is C13H17N5O. The zero-order valence-electron chi connectivity index (χ0n) is 10.8. The van der Waals surface area contributed by atoms with Gasteiger partial charge >= 0.3 is 0 Å². The van der Waals surface area contributed by atoms with Crippen LogP contribution in [0.3, 0.4) is 0 Å². The monoisotopic (exact) mass is 259 g/mol. The zero-order valence-corrected chi connectivity index (χ0v) is 10.8. The first-order chi connectivity index (χ1) is 9.04. The molecule has 0 radical (unpaired) electrons. The second-order valence-electron chi connectivity index (χ2n) is 4.37. The molecule has 0 aliphatic rings. The number of nitrogen functional groups attached to an aromatic ring is 2. The maximum absolute atomic E-state index is 11.9. The molecule has 6 heteroatoms. The summed E-state index contributed by atoms with van der Waals surface area (Å²) in [4.78, 5) is 11.9. The number of aromatic nitrogens is 2. The maximum atomic E-state index is 11.9. The Morgan fingerprint density at radius 2 is 2.00 bits per heavy atom. The number of carbonyl (C=O) groups is 1. The molecule has 0 aliphatic heterocycles. The molecule has 2 aromatic rings. The van der Waals surface area contributed by atoms with Crippen LogP contribution >= 0.6 is 0 Å². The van der Waals surface area contributed by atoms with Crippen LogP contribution in [-0.2, 0) is 13.5 Å². The predicted octanol–water partition coefficient (Wildman–Crippen LogP) is 0.557. The molecule has 1 heterocycles. The molecule has 1 aromatic heterocycles. The van der Waals surface area contributed by atoms with E-state index in [0.717, 1.165) is 5.69 Å². The van der Waals surface area contributed by atoms with Crippen LogP contribution in [0.15, 0.2) is 30.5 Å². The highest BCUT2D eigenvalue weighted by molar-refractivity contribution is 5.96. The van der Waals surface area contributed by atoms with Gasteiger partial charge in [0.15, 0.2) is 0 Å². The van der Waals surface area contributed by atoms with Crippen LogP contribution in [0.25, 0.3) is 0 Å². The third kappa shape index (κ3) is 3.48. The van der Waals surface area contributed by atoms with E-state index in [9.17, 15) is 4.79 Å². The van der Waals surface area contributed by atoms with Gasteiger partial charge in [0, 0.05) is 43.1 Å². The van der Waals surface area contributed by atoms with Gasteiger partial charge in [0.2, 0.25) is 0 Å². The van der Waals surface area contributed by atoms with Gasteiger partial charge in [0.25, 0.3) is 5.91 Å². The SMILES string of the molecule is Cn1ccc(CCNC(=O)c2cc(N)cc(N)c2)n1. The van der Waals surface area contributed by atoms with Gasteiger partial charge in [-0.25, -0.2) is 0 Å². The second kappa shape index (κ2) is 5.43. The van der Waals surface area contributed by atoms with Crippen molar-refractivity contribution in [3.05, 3.63) is 41.7 Å². The van der Waals surface area contributed by atoms with Crippen LogP contribution in [0, 0.1) is 0 Å². The van der Waals surface area contributed by atoms with Gasteiger partial charge in [-0.3, -0.25) is 9.48 Å². The van der Waals surface area contributed by atoms with E-state index in [1.54, 1.807) is 22.9 Å². The number of nitrogens with zero attached hydrogens (tertiary/aromatic N) is 2. The lowest BCUT2D eigenvalue weighted by molar-refractivity contribution is 0.0954. The van der Waals surface area contributed by atoms with Crippen LogP contribution in [0.1, 0.15) is 16.1 Å². The molecule has 0 bridgehead atoms. The van der Waals surface area contributed by atoms with Crippen molar-refractivity contribution in [3.63, 3.8) is 0 Å². The number of amides is 1. The molecule has 1 amide bonds. The van der Waals surface area contributed by atoms with Crippen LogP contribution in [0.5, 0.6) is 0 Å². The van der Waals surface area contributed by atoms with Gasteiger partial charge in [-0.1, -0.05) is 0 Å². The average Bonchev–Trinajstić information content (AvgIpc) is 2.73. The van der Waals surface area contributed by atoms with Crippen molar-refractivity contribution in [1.82, 2.24) is 15.1 Å². The van der Waals surface area contributed by atoms with Gasteiger partial charge in [0.1, 0.15) is 0 Å². The number of hydrogen-bond acceptors (Lipinski definition) is 4. The minimum absolute atomic E-state index is 0.185. The normalized spacial score (nSPS) is 10.4. The number of aryl methyl sites for hydroxylation is 1. The molecule has 0 unspecified atom stereocenters. The number of benzene rings is 1. The quantitative estimate of drug-likeness (QED) is 0.698. The van der Waals surface area contributed by atoms with Crippen molar-refractivity contribution in [2.75, 3.05) is 18.0 Å². The average molecular weight is 259 g/mol. The summed E-state index contributed by atoms with van der Waals surface area (Å²) in [5.41, 5.74) is 13.7. The molecule has 100 valence electrons. The Balaban J connectivity index is 1.90. The Morgan fingerprint density at radius 1 is 1.32 bits per heavy atom. The molecule has 0 aliphatic carbocycles. The number of hydrogen-bond donors (Lipinski definition) is 3. The molecule has 0 saturated heterocycles. The summed E-state index contributed by atoms with van der Waals surface area (Å²) < 4.78 is 1.73. The van der Waals surface area contributed by atoms with E-state index in [1.807, 2.05) is 19.3 Å². The number of anilines is 2.